The van der Waals surface area contributed by atoms with Gasteiger partial charge in [0, 0.05) is 11.3 Å². The molecule has 0 aliphatic carbocycles. The fourth-order valence-electron chi connectivity index (χ4n) is 1.56. The van der Waals surface area contributed by atoms with Crippen molar-refractivity contribution in [1.82, 2.24) is 4.72 Å². The average Bonchev–Trinajstić information content (AvgIpc) is 2.48. The van der Waals surface area contributed by atoms with Crippen LogP contribution >= 0.6 is 0 Å². The molecule has 0 atom stereocenters. The van der Waals surface area contributed by atoms with Crippen molar-refractivity contribution in [3.8, 4) is 0 Å². The van der Waals surface area contributed by atoms with Gasteiger partial charge in [0.15, 0.2) is 0 Å². The Bertz CT molecular complexity index is 697. The number of hydrazine groups is 1. The molecule has 6 nitrogen and oxygen atoms in total. The standard InChI is InChI=1S/C13H13N3O3S/c14-15-11-6-8-12(9-7-11)20(18,19)16-13(17)10-4-2-1-3-5-10/h1-9,15H,14H2,(H,16,17). The van der Waals surface area contributed by atoms with Gasteiger partial charge in [0.05, 0.1) is 4.90 Å². The highest BCUT2D eigenvalue weighted by Crippen LogP contribution is 2.13. The van der Waals surface area contributed by atoms with Crippen molar-refractivity contribution < 1.29 is 13.2 Å². The van der Waals surface area contributed by atoms with Crippen LogP contribution in [-0.2, 0) is 10.0 Å². The maximum absolute atomic E-state index is 12.0. The third-order valence-electron chi connectivity index (χ3n) is 2.59. The van der Waals surface area contributed by atoms with E-state index in [0.29, 0.717) is 5.69 Å². The summed E-state index contributed by atoms with van der Waals surface area (Å²) in [6, 6.07) is 13.8. The first-order chi connectivity index (χ1) is 9.53. The van der Waals surface area contributed by atoms with E-state index < -0.39 is 15.9 Å². The number of nitrogens with two attached hydrogens (primary N) is 1. The number of sulfonamides is 1. The van der Waals surface area contributed by atoms with E-state index in [-0.39, 0.29) is 10.5 Å². The zero-order valence-electron chi connectivity index (χ0n) is 10.4. The monoisotopic (exact) mass is 291 g/mol. The third-order valence-corrected chi connectivity index (χ3v) is 3.94. The maximum atomic E-state index is 12.0. The highest BCUT2D eigenvalue weighted by molar-refractivity contribution is 7.90. The molecule has 2 aromatic carbocycles. The molecule has 104 valence electrons. The fourth-order valence-corrected chi connectivity index (χ4v) is 2.53. The summed E-state index contributed by atoms with van der Waals surface area (Å²) in [5, 5.41) is 0. The van der Waals surface area contributed by atoms with E-state index in [1.807, 2.05) is 4.72 Å². The molecule has 0 aromatic heterocycles. The summed E-state index contributed by atoms with van der Waals surface area (Å²) >= 11 is 0. The number of nitrogens with one attached hydrogen (secondary N) is 2. The summed E-state index contributed by atoms with van der Waals surface area (Å²) in [4.78, 5) is 11.8. The molecule has 0 heterocycles. The van der Waals surface area contributed by atoms with Crippen molar-refractivity contribution >= 4 is 21.6 Å². The summed E-state index contributed by atoms with van der Waals surface area (Å²) < 4.78 is 26.1. The summed E-state index contributed by atoms with van der Waals surface area (Å²) in [6.07, 6.45) is 0. The topological polar surface area (TPSA) is 101 Å². The Hall–Kier alpha value is -2.38. The second-order valence-corrected chi connectivity index (χ2v) is 5.65. The molecular weight excluding hydrogens is 278 g/mol. The number of anilines is 1. The quantitative estimate of drug-likeness (QED) is 0.578. The largest absolute Gasteiger partial charge is 0.324 e. The van der Waals surface area contributed by atoms with Crippen molar-refractivity contribution in [3.05, 3.63) is 60.2 Å². The van der Waals surface area contributed by atoms with Gasteiger partial charge < -0.3 is 5.43 Å². The van der Waals surface area contributed by atoms with Crippen LogP contribution in [0.3, 0.4) is 0 Å². The summed E-state index contributed by atoms with van der Waals surface area (Å²) in [5.41, 5.74) is 3.23. The van der Waals surface area contributed by atoms with Crippen LogP contribution in [0.2, 0.25) is 0 Å². The van der Waals surface area contributed by atoms with E-state index in [2.05, 4.69) is 5.43 Å². The van der Waals surface area contributed by atoms with Crippen LogP contribution in [-0.4, -0.2) is 14.3 Å². The Kier molecular flexibility index (Phi) is 4.02. The van der Waals surface area contributed by atoms with E-state index in [1.54, 1.807) is 18.2 Å². The van der Waals surface area contributed by atoms with Gasteiger partial charge in [0.2, 0.25) is 0 Å². The number of hydrogen-bond acceptors (Lipinski definition) is 5. The molecule has 4 N–H and O–H groups in total. The minimum Gasteiger partial charge on any atom is -0.324 e. The number of nitrogen functional groups attached to an aromatic ring is 1. The van der Waals surface area contributed by atoms with Gasteiger partial charge in [-0.05, 0) is 36.4 Å². The molecule has 0 unspecified atom stereocenters. The highest BCUT2D eigenvalue weighted by atomic mass is 32.2. The Morgan fingerprint density at radius 3 is 2.10 bits per heavy atom. The summed E-state index contributed by atoms with van der Waals surface area (Å²) in [6.45, 7) is 0. The van der Waals surface area contributed by atoms with Gasteiger partial charge in [-0.1, -0.05) is 18.2 Å². The first-order valence-corrected chi connectivity index (χ1v) is 7.20. The first-order valence-electron chi connectivity index (χ1n) is 5.72. The Morgan fingerprint density at radius 1 is 0.950 bits per heavy atom. The molecule has 0 fully saturated rings. The van der Waals surface area contributed by atoms with Gasteiger partial charge in [-0.25, -0.2) is 13.1 Å². The molecule has 0 aliphatic rings. The van der Waals surface area contributed by atoms with Crippen molar-refractivity contribution in [1.29, 1.82) is 0 Å². The minimum absolute atomic E-state index is 0.0132. The van der Waals surface area contributed by atoms with Gasteiger partial charge in [0.1, 0.15) is 0 Å². The van der Waals surface area contributed by atoms with Gasteiger partial charge in [0.25, 0.3) is 15.9 Å². The molecule has 1 amide bonds. The highest BCUT2D eigenvalue weighted by Gasteiger charge is 2.18. The molecule has 20 heavy (non-hydrogen) atoms. The Labute approximate surface area is 116 Å². The Morgan fingerprint density at radius 2 is 1.55 bits per heavy atom. The Balaban J connectivity index is 2.20. The third kappa shape index (κ3) is 3.14. The average molecular weight is 291 g/mol. The smallest absolute Gasteiger partial charge is 0.264 e. The number of hydrogen-bond donors (Lipinski definition) is 3. The second-order valence-electron chi connectivity index (χ2n) is 3.97. The number of rotatable bonds is 4. The van der Waals surface area contributed by atoms with Crippen LogP contribution in [0.1, 0.15) is 10.4 Å². The minimum atomic E-state index is -3.90. The zero-order valence-corrected chi connectivity index (χ0v) is 11.2. The van der Waals surface area contributed by atoms with E-state index in [4.69, 9.17) is 5.84 Å². The lowest BCUT2D eigenvalue weighted by Gasteiger charge is -2.07. The number of carbonyl (C=O) groups excluding carboxylic acids is 1. The summed E-state index contributed by atoms with van der Waals surface area (Å²) in [5.74, 6) is 4.52. The number of amides is 1. The lowest BCUT2D eigenvalue weighted by molar-refractivity contribution is 0.0981. The van der Waals surface area contributed by atoms with Crippen LogP contribution in [0.25, 0.3) is 0 Å². The van der Waals surface area contributed by atoms with Crippen molar-refractivity contribution in [2.75, 3.05) is 5.43 Å². The zero-order chi connectivity index (χ0) is 14.6. The molecule has 0 radical (unpaired) electrons. The van der Waals surface area contributed by atoms with E-state index in [0.717, 1.165) is 0 Å². The fraction of sp³-hybridized carbons (Fsp3) is 0. The van der Waals surface area contributed by atoms with Gasteiger partial charge in [-0.15, -0.1) is 0 Å². The number of benzene rings is 2. The maximum Gasteiger partial charge on any atom is 0.264 e. The van der Waals surface area contributed by atoms with E-state index in [1.165, 1.54) is 36.4 Å². The summed E-state index contributed by atoms with van der Waals surface area (Å²) in [7, 11) is -3.90. The van der Waals surface area contributed by atoms with Gasteiger partial charge in [-0.3, -0.25) is 10.6 Å². The van der Waals surface area contributed by atoms with E-state index in [9.17, 15) is 13.2 Å². The van der Waals surface area contributed by atoms with Crippen LogP contribution < -0.4 is 16.0 Å². The molecule has 2 rings (SSSR count). The molecule has 2 aromatic rings. The molecule has 0 bridgehead atoms. The second kappa shape index (κ2) is 5.72. The lowest BCUT2D eigenvalue weighted by Crippen LogP contribution is -2.30. The molecule has 0 spiro atoms. The van der Waals surface area contributed by atoms with E-state index >= 15 is 0 Å². The predicted octanol–water partition coefficient (Wildman–Crippen LogP) is 1.09. The molecular formula is C13H13N3O3S. The SMILES string of the molecule is NNc1ccc(S(=O)(=O)NC(=O)c2ccccc2)cc1. The van der Waals surface area contributed by atoms with Gasteiger partial charge in [-0.2, -0.15) is 0 Å². The van der Waals surface area contributed by atoms with Crippen LogP contribution in [0.5, 0.6) is 0 Å². The molecule has 7 heteroatoms. The van der Waals surface area contributed by atoms with Crippen LogP contribution in [0, 0.1) is 0 Å². The predicted molar refractivity (Wildman–Crippen MR) is 75.3 cm³/mol. The van der Waals surface area contributed by atoms with Crippen molar-refractivity contribution in [3.63, 3.8) is 0 Å². The lowest BCUT2D eigenvalue weighted by atomic mass is 10.2. The van der Waals surface area contributed by atoms with Gasteiger partial charge >= 0.3 is 0 Å². The first kappa shape index (κ1) is 14.0. The molecule has 0 aliphatic heterocycles. The molecule has 0 saturated heterocycles. The normalized spacial score (nSPS) is 10.8. The van der Waals surface area contributed by atoms with Crippen LogP contribution in [0.15, 0.2) is 59.5 Å². The van der Waals surface area contributed by atoms with Crippen molar-refractivity contribution in [2.24, 2.45) is 5.84 Å². The van der Waals surface area contributed by atoms with Crippen LogP contribution in [0.4, 0.5) is 5.69 Å². The van der Waals surface area contributed by atoms with Crippen molar-refractivity contribution in [2.45, 2.75) is 4.90 Å². The number of carbonyl (C=O) groups is 1. The molecule has 0 saturated carbocycles.